The van der Waals surface area contributed by atoms with Crippen LogP contribution in [0, 0.1) is 0 Å². The summed E-state index contributed by atoms with van der Waals surface area (Å²) in [5.74, 6) is -2.01. The lowest BCUT2D eigenvalue weighted by Crippen LogP contribution is -2.59. The maximum Gasteiger partial charge on any atom is 0.305 e. The normalized spacial score (nSPS) is 12.6. The Morgan fingerprint density at radius 3 is 0.811 bits per heavy atom. The summed E-state index contributed by atoms with van der Waals surface area (Å²) in [5.41, 5.74) is -1.65. The van der Waals surface area contributed by atoms with E-state index >= 15 is 0 Å². The molecule has 0 aromatic carbocycles. The summed E-state index contributed by atoms with van der Waals surface area (Å²) in [7, 11) is 0. The van der Waals surface area contributed by atoms with E-state index in [9.17, 15) is 33.6 Å². The summed E-state index contributed by atoms with van der Waals surface area (Å²) in [6, 6.07) is 0. The average molecular weight is 1270 g/mol. The van der Waals surface area contributed by atoms with Crippen LogP contribution >= 0.6 is 0 Å². The van der Waals surface area contributed by atoms with E-state index in [1.807, 2.05) is 14.7 Å². The number of rotatable bonds is 64. The SMILES string of the molecule is CCCCCCCCN(CCCCCCCC)C(=O)CCCC(=O)OCC(COC(=O)CCCC(=O)N(CCCCCCCC)CCCCCCCC)(COC(=O)CCCC(=O)N(CCCCCCCC)CCCCCCCC)NC(=O)CCN1CCCCC1. The van der Waals surface area contributed by atoms with Gasteiger partial charge in [0.15, 0.2) is 0 Å². The van der Waals surface area contributed by atoms with Gasteiger partial charge >= 0.3 is 17.9 Å². The molecule has 0 unspecified atom stereocenters. The van der Waals surface area contributed by atoms with Gasteiger partial charge in [0.25, 0.3) is 0 Å². The Balaban J connectivity index is 3.38. The van der Waals surface area contributed by atoms with Gasteiger partial charge in [-0.3, -0.25) is 33.6 Å². The zero-order valence-corrected chi connectivity index (χ0v) is 59.5. The maximum atomic E-state index is 14.1. The van der Waals surface area contributed by atoms with Gasteiger partial charge in [0.2, 0.25) is 23.6 Å². The first-order chi connectivity index (χ1) is 43.9. The number of likely N-dealkylation sites (tertiary alicyclic amines) is 1. The third-order valence-electron chi connectivity index (χ3n) is 18.1. The zero-order chi connectivity index (χ0) is 65.8. The van der Waals surface area contributed by atoms with Crippen LogP contribution < -0.4 is 5.32 Å². The van der Waals surface area contributed by atoms with Gasteiger partial charge in [0, 0.05) is 90.8 Å². The van der Waals surface area contributed by atoms with Crippen LogP contribution in [0.1, 0.15) is 356 Å². The minimum atomic E-state index is -1.65. The highest BCUT2D eigenvalue weighted by Gasteiger charge is 2.38. The molecule has 1 heterocycles. The van der Waals surface area contributed by atoms with Crippen molar-refractivity contribution in [2.24, 2.45) is 0 Å². The lowest BCUT2D eigenvalue weighted by atomic mass is 10.0. The van der Waals surface area contributed by atoms with E-state index in [2.05, 4.69) is 51.8 Å². The molecule has 15 nitrogen and oxygen atoms in total. The molecule has 4 amide bonds. The highest BCUT2D eigenvalue weighted by molar-refractivity contribution is 5.79. The first-order valence-electron chi connectivity index (χ1n) is 38.2. The monoisotopic (exact) mass is 1270 g/mol. The highest BCUT2D eigenvalue weighted by atomic mass is 16.6. The number of nitrogens with one attached hydrogen (secondary N) is 1. The van der Waals surface area contributed by atoms with E-state index in [4.69, 9.17) is 14.2 Å². The van der Waals surface area contributed by atoms with Crippen LogP contribution in [0.15, 0.2) is 0 Å². The number of hydrogen-bond donors (Lipinski definition) is 1. The molecule has 0 aliphatic carbocycles. The number of hydrogen-bond acceptors (Lipinski definition) is 11. The fourth-order valence-electron chi connectivity index (χ4n) is 12.1. The molecule has 0 radical (unpaired) electrons. The maximum absolute atomic E-state index is 14.1. The van der Waals surface area contributed by atoms with E-state index in [1.54, 1.807) is 0 Å². The van der Waals surface area contributed by atoms with Gasteiger partial charge in [-0.2, -0.15) is 0 Å². The molecule has 1 aliphatic rings. The van der Waals surface area contributed by atoms with Crippen LogP contribution in [0.3, 0.4) is 0 Å². The summed E-state index contributed by atoms with van der Waals surface area (Å²) in [4.78, 5) is 105. The number of esters is 3. The van der Waals surface area contributed by atoms with Crippen molar-refractivity contribution < 1.29 is 47.8 Å². The van der Waals surface area contributed by atoms with Crippen molar-refractivity contribution in [1.29, 1.82) is 0 Å². The number of carbonyl (C=O) groups excluding carboxylic acids is 7. The number of amides is 4. The van der Waals surface area contributed by atoms with Crippen LogP contribution in [-0.2, 0) is 47.8 Å². The van der Waals surface area contributed by atoms with Crippen molar-refractivity contribution in [1.82, 2.24) is 24.9 Å². The van der Waals surface area contributed by atoms with Crippen molar-refractivity contribution in [2.75, 3.05) is 78.7 Å². The van der Waals surface area contributed by atoms with E-state index in [1.165, 1.54) is 116 Å². The summed E-state index contributed by atoms with van der Waals surface area (Å²) in [6.45, 7) is 18.5. The number of piperidine rings is 1. The van der Waals surface area contributed by atoms with Gasteiger partial charge in [-0.25, -0.2) is 0 Å². The van der Waals surface area contributed by atoms with E-state index in [-0.39, 0.29) is 87.8 Å². The molecule has 0 aromatic heterocycles. The predicted octanol–water partition coefficient (Wildman–Crippen LogP) is 17.5. The minimum absolute atomic E-state index is 0.0362. The smallest absolute Gasteiger partial charge is 0.305 e. The Kier molecular flexibility index (Phi) is 56.4. The molecule has 0 aromatic rings. The molecule has 1 N–H and O–H groups in total. The Morgan fingerprint density at radius 2 is 0.556 bits per heavy atom. The van der Waals surface area contributed by atoms with E-state index in [0.29, 0.717) is 45.8 Å². The summed E-state index contributed by atoms with van der Waals surface area (Å²) in [6.07, 6.45) is 45.6. The second-order valence-electron chi connectivity index (χ2n) is 26.8. The van der Waals surface area contributed by atoms with Gasteiger partial charge < -0.3 is 39.1 Å². The van der Waals surface area contributed by atoms with Gasteiger partial charge in [0.1, 0.15) is 25.4 Å². The fourth-order valence-corrected chi connectivity index (χ4v) is 12.1. The first-order valence-corrected chi connectivity index (χ1v) is 38.2. The standard InChI is InChI=1S/C75H141N5O10/c1-7-13-19-25-31-40-58-78(59-41-32-26-20-14-8-2)69(82)49-46-52-72(85)88-65-75(76-68(81)55-64-77-56-38-37-39-57-77,66-89-73(86)53-47-50-70(83)79(60-42-33-27-21-15-9-3)61-43-34-28-22-16-10-4)67-90-74(87)54-48-51-71(84)80(62-44-35-29-23-17-11-5)63-45-36-30-24-18-12-6/h7-67H2,1-6H3,(H,76,81). The number of nitrogens with zero attached hydrogens (tertiary/aromatic N) is 4. The Labute approximate surface area is 552 Å². The second kappa shape index (κ2) is 60.2. The van der Waals surface area contributed by atoms with Crippen molar-refractivity contribution in [3.05, 3.63) is 0 Å². The van der Waals surface area contributed by atoms with Crippen LogP contribution in [0.2, 0.25) is 0 Å². The van der Waals surface area contributed by atoms with Gasteiger partial charge in [-0.05, 0) is 83.7 Å². The van der Waals surface area contributed by atoms with Gasteiger partial charge in [-0.1, -0.05) is 241 Å². The molecule has 15 heteroatoms. The highest BCUT2D eigenvalue weighted by Crippen LogP contribution is 2.19. The summed E-state index contributed by atoms with van der Waals surface area (Å²) >= 11 is 0. The molecular weight excluding hydrogens is 1130 g/mol. The van der Waals surface area contributed by atoms with E-state index in [0.717, 1.165) is 148 Å². The topological polar surface area (TPSA) is 172 Å². The quantitative estimate of drug-likeness (QED) is 0.0349. The molecule has 0 spiro atoms. The first kappa shape index (κ1) is 84.3. The summed E-state index contributed by atoms with van der Waals surface area (Å²) in [5, 5.41) is 3.04. The minimum Gasteiger partial charge on any atom is -0.463 e. The molecule has 526 valence electrons. The summed E-state index contributed by atoms with van der Waals surface area (Å²) < 4.78 is 17.9. The Hall–Kier alpha value is -3.75. The van der Waals surface area contributed by atoms with Gasteiger partial charge in [-0.15, -0.1) is 0 Å². The van der Waals surface area contributed by atoms with Crippen LogP contribution in [-0.4, -0.2) is 145 Å². The molecule has 1 rings (SSSR count). The van der Waals surface area contributed by atoms with Crippen LogP contribution in [0.5, 0.6) is 0 Å². The Bertz CT molecular complexity index is 1560. The largest absolute Gasteiger partial charge is 0.463 e. The zero-order valence-electron chi connectivity index (χ0n) is 59.5. The van der Waals surface area contributed by atoms with Crippen molar-refractivity contribution >= 4 is 41.5 Å². The molecule has 0 atom stereocenters. The number of unbranched alkanes of at least 4 members (excludes halogenated alkanes) is 30. The van der Waals surface area contributed by atoms with Crippen LogP contribution in [0.4, 0.5) is 0 Å². The molecule has 0 saturated carbocycles. The predicted molar refractivity (Wildman–Crippen MR) is 370 cm³/mol. The molecule has 0 bridgehead atoms. The third kappa shape index (κ3) is 48.0. The average Bonchev–Trinajstić information content (AvgIpc) is 2.70. The van der Waals surface area contributed by atoms with Crippen molar-refractivity contribution in [2.45, 2.75) is 362 Å². The molecule has 1 aliphatic heterocycles. The number of ether oxygens (including phenoxy) is 3. The van der Waals surface area contributed by atoms with Gasteiger partial charge in [0.05, 0.1) is 0 Å². The Morgan fingerprint density at radius 1 is 0.311 bits per heavy atom. The van der Waals surface area contributed by atoms with Crippen molar-refractivity contribution in [3.8, 4) is 0 Å². The molecule has 1 fully saturated rings. The van der Waals surface area contributed by atoms with Crippen molar-refractivity contribution in [3.63, 3.8) is 0 Å². The molecule has 90 heavy (non-hydrogen) atoms. The van der Waals surface area contributed by atoms with Crippen LogP contribution in [0.25, 0.3) is 0 Å². The lowest BCUT2D eigenvalue weighted by Gasteiger charge is -2.34. The lowest BCUT2D eigenvalue weighted by molar-refractivity contribution is -0.159. The fraction of sp³-hybridized carbons (Fsp3) is 0.907. The number of carbonyl (C=O) groups is 7. The second-order valence-corrected chi connectivity index (χ2v) is 26.8. The molecule has 1 saturated heterocycles. The molecular formula is C75H141N5O10. The van der Waals surface area contributed by atoms with E-state index < -0.39 is 43.3 Å². The third-order valence-corrected chi connectivity index (χ3v) is 18.1.